The first-order valence-corrected chi connectivity index (χ1v) is 6.57. The fourth-order valence-corrected chi connectivity index (χ4v) is 2.17. The molecule has 0 spiro atoms. The predicted molar refractivity (Wildman–Crippen MR) is 75.5 cm³/mol. The van der Waals surface area contributed by atoms with E-state index in [1.165, 1.54) is 24.9 Å². The molecule has 1 unspecified atom stereocenters. The highest BCUT2D eigenvalue weighted by Crippen LogP contribution is 2.22. The molecule has 94 valence electrons. The van der Waals surface area contributed by atoms with E-state index in [2.05, 4.69) is 40.6 Å². The molecular weight excluding hydrogens is 220 g/mol. The summed E-state index contributed by atoms with van der Waals surface area (Å²) in [5, 5.41) is 3.43. The molecule has 3 rings (SSSR count). The number of rotatable bonds is 1. The van der Waals surface area contributed by atoms with E-state index in [0.717, 1.165) is 12.5 Å². The Morgan fingerprint density at radius 3 is 2.17 bits per heavy atom. The number of pyridine rings is 1. The molecule has 1 saturated heterocycles. The van der Waals surface area contributed by atoms with Crippen LogP contribution in [0.2, 0.25) is 0 Å². The summed E-state index contributed by atoms with van der Waals surface area (Å²) in [5.74, 6) is 0.750. The molecular formula is C16H20N2. The van der Waals surface area contributed by atoms with E-state index in [1.54, 1.807) is 12.4 Å². The van der Waals surface area contributed by atoms with E-state index in [4.69, 9.17) is 0 Å². The number of hydrogen-bond donors (Lipinski definition) is 1. The lowest BCUT2D eigenvalue weighted by Gasteiger charge is -2.22. The fraction of sp³-hybridized carbons (Fsp3) is 0.312. The monoisotopic (exact) mass is 240 g/mol. The summed E-state index contributed by atoms with van der Waals surface area (Å²) in [6.45, 7) is 2.35. The van der Waals surface area contributed by atoms with Crippen LogP contribution in [0.5, 0.6) is 0 Å². The van der Waals surface area contributed by atoms with E-state index in [9.17, 15) is 0 Å². The maximum Gasteiger partial charge on any atom is 0.0267 e. The Kier molecular flexibility index (Phi) is 5.41. The second kappa shape index (κ2) is 7.62. The molecule has 18 heavy (non-hydrogen) atoms. The Bertz CT molecular complexity index is 381. The van der Waals surface area contributed by atoms with Crippen molar-refractivity contribution >= 4 is 0 Å². The van der Waals surface area contributed by atoms with Gasteiger partial charge < -0.3 is 5.32 Å². The van der Waals surface area contributed by atoms with Crippen molar-refractivity contribution in [3.63, 3.8) is 0 Å². The van der Waals surface area contributed by atoms with Gasteiger partial charge in [-0.2, -0.15) is 0 Å². The zero-order valence-corrected chi connectivity index (χ0v) is 10.6. The van der Waals surface area contributed by atoms with E-state index in [-0.39, 0.29) is 0 Å². The van der Waals surface area contributed by atoms with Gasteiger partial charge in [0.2, 0.25) is 0 Å². The lowest BCUT2D eigenvalue weighted by Crippen LogP contribution is -2.28. The molecule has 2 heterocycles. The SMILES string of the molecule is c1ccc(C2CCCNC2)cc1.c1ccncc1. The van der Waals surface area contributed by atoms with Crippen molar-refractivity contribution in [1.82, 2.24) is 10.3 Å². The van der Waals surface area contributed by atoms with Crippen molar-refractivity contribution in [2.45, 2.75) is 18.8 Å². The number of benzene rings is 1. The summed E-state index contributed by atoms with van der Waals surface area (Å²) < 4.78 is 0. The van der Waals surface area contributed by atoms with Crippen LogP contribution in [-0.2, 0) is 0 Å². The second-order valence-corrected chi connectivity index (χ2v) is 4.48. The Labute approximate surface area is 109 Å². The molecule has 1 fully saturated rings. The first kappa shape index (κ1) is 12.8. The van der Waals surface area contributed by atoms with Crippen molar-refractivity contribution < 1.29 is 0 Å². The van der Waals surface area contributed by atoms with Gasteiger partial charge in [-0.05, 0) is 43.0 Å². The van der Waals surface area contributed by atoms with Crippen LogP contribution in [0, 0.1) is 0 Å². The van der Waals surface area contributed by atoms with Crippen LogP contribution in [0.1, 0.15) is 24.3 Å². The molecule has 2 aromatic rings. The second-order valence-electron chi connectivity index (χ2n) is 4.48. The van der Waals surface area contributed by atoms with Crippen molar-refractivity contribution in [1.29, 1.82) is 0 Å². The van der Waals surface area contributed by atoms with Gasteiger partial charge in [0.15, 0.2) is 0 Å². The van der Waals surface area contributed by atoms with E-state index < -0.39 is 0 Å². The number of hydrogen-bond acceptors (Lipinski definition) is 2. The third-order valence-corrected chi connectivity index (χ3v) is 3.13. The van der Waals surface area contributed by atoms with Crippen LogP contribution in [0.15, 0.2) is 60.9 Å². The quantitative estimate of drug-likeness (QED) is 0.827. The standard InChI is InChI=1S/C11H15N.C5H5N/c1-2-5-10(6-3-1)11-7-4-8-12-9-11;1-2-4-6-5-3-1/h1-3,5-6,11-12H,4,7-9H2;1-5H. The van der Waals surface area contributed by atoms with Crippen molar-refractivity contribution in [3.8, 4) is 0 Å². The molecule has 0 saturated carbocycles. The van der Waals surface area contributed by atoms with Gasteiger partial charge in [0, 0.05) is 18.9 Å². The maximum absolute atomic E-state index is 3.78. The summed E-state index contributed by atoms with van der Waals surface area (Å²) in [6, 6.07) is 16.5. The highest BCUT2D eigenvalue weighted by Gasteiger charge is 2.13. The molecule has 1 aromatic heterocycles. The molecule has 0 amide bonds. The minimum Gasteiger partial charge on any atom is -0.316 e. The lowest BCUT2D eigenvalue weighted by atomic mass is 9.92. The predicted octanol–water partition coefficient (Wildman–Crippen LogP) is 3.24. The number of nitrogens with one attached hydrogen (secondary N) is 1. The summed E-state index contributed by atoms with van der Waals surface area (Å²) in [7, 11) is 0. The van der Waals surface area contributed by atoms with Crippen molar-refractivity contribution in [2.75, 3.05) is 13.1 Å². The first-order chi connectivity index (χ1) is 8.97. The average Bonchev–Trinajstić information content (AvgIpc) is 2.51. The minimum atomic E-state index is 0.750. The normalized spacial score (nSPS) is 18.6. The van der Waals surface area contributed by atoms with Gasteiger partial charge in [-0.3, -0.25) is 4.98 Å². The Morgan fingerprint density at radius 2 is 1.67 bits per heavy atom. The van der Waals surface area contributed by atoms with Crippen LogP contribution in [0.25, 0.3) is 0 Å². The zero-order chi connectivity index (χ0) is 12.5. The van der Waals surface area contributed by atoms with Crippen LogP contribution in [-0.4, -0.2) is 18.1 Å². The highest BCUT2D eigenvalue weighted by molar-refractivity contribution is 5.20. The molecule has 1 aromatic carbocycles. The summed E-state index contributed by atoms with van der Waals surface area (Å²) in [6.07, 6.45) is 6.16. The third-order valence-electron chi connectivity index (χ3n) is 3.13. The summed E-state index contributed by atoms with van der Waals surface area (Å²) in [4.78, 5) is 3.78. The Hall–Kier alpha value is -1.67. The fourth-order valence-electron chi connectivity index (χ4n) is 2.17. The van der Waals surface area contributed by atoms with Gasteiger partial charge in [0.1, 0.15) is 0 Å². The van der Waals surface area contributed by atoms with Crippen molar-refractivity contribution in [2.24, 2.45) is 0 Å². The van der Waals surface area contributed by atoms with E-state index in [0.29, 0.717) is 0 Å². The molecule has 0 bridgehead atoms. The third kappa shape index (κ3) is 4.30. The molecule has 2 heteroatoms. The summed E-state index contributed by atoms with van der Waals surface area (Å²) >= 11 is 0. The van der Waals surface area contributed by atoms with Gasteiger partial charge >= 0.3 is 0 Å². The van der Waals surface area contributed by atoms with Crippen molar-refractivity contribution in [3.05, 3.63) is 66.5 Å². The molecule has 1 aliphatic heterocycles. The minimum absolute atomic E-state index is 0.750. The molecule has 2 nitrogen and oxygen atoms in total. The van der Waals surface area contributed by atoms with E-state index >= 15 is 0 Å². The molecule has 1 atom stereocenters. The van der Waals surface area contributed by atoms with Gasteiger partial charge in [-0.1, -0.05) is 36.4 Å². The first-order valence-electron chi connectivity index (χ1n) is 6.57. The molecule has 1 N–H and O–H groups in total. The van der Waals surface area contributed by atoms with Gasteiger partial charge in [0.05, 0.1) is 0 Å². The summed E-state index contributed by atoms with van der Waals surface area (Å²) in [5.41, 5.74) is 1.49. The topological polar surface area (TPSA) is 24.9 Å². The van der Waals surface area contributed by atoms with Crippen LogP contribution < -0.4 is 5.32 Å². The van der Waals surface area contributed by atoms with Crippen LogP contribution in [0.3, 0.4) is 0 Å². The van der Waals surface area contributed by atoms with Gasteiger partial charge in [-0.15, -0.1) is 0 Å². The number of aromatic nitrogens is 1. The van der Waals surface area contributed by atoms with Crippen LogP contribution in [0.4, 0.5) is 0 Å². The number of piperidine rings is 1. The number of nitrogens with zero attached hydrogens (tertiary/aromatic N) is 1. The Morgan fingerprint density at radius 1 is 0.944 bits per heavy atom. The Balaban J connectivity index is 0.000000169. The maximum atomic E-state index is 3.78. The van der Waals surface area contributed by atoms with Crippen LogP contribution >= 0.6 is 0 Å². The lowest BCUT2D eigenvalue weighted by molar-refractivity contribution is 0.461. The largest absolute Gasteiger partial charge is 0.316 e. The highest BCUT2D eigenvalue weighted by atomic mass is 14.9. The smallest absolute Gasteiger partial charge is 0.0267 e. The average molecular weight is 240 g/mol. The molecule has 0 radical (unpaired) electrons. The van der Waals surface area contributed by atoms with Gasteiger partial charge in [0.25, 0.3) is 0 Å². The molecule has 1 aliphatic rings. The van der Waals surface area contributed by atoms with Gasteiger partial charge in [-0.25, -0.2) is 0 Å². The molecule has 0 aliphatic carbocycles. The zero-order valence-electron chi connectivity index (χ0n) is 10.6. The van der Waals surface area contributed by atoms with E-state index in [1.807, 2.05) is 18.2 Å².